The van der Waals surface area contributed by atoms with Crippen LogP contribution in [0.5, 0.6) is 0 Å². The molecule has 0 radical (unpaired) electrons. The van der Waals surface area contributed by atoms with Crippen molar-refractivity contribution in [3.05, 3.63) is 58.5 Å². The number of furan rings is 1. The summed E-state index contributed by atoms with van der Waals surface area (Å²) >= 11 is 0. The Morgan fingerprint density at radius 2 is 1.90 bits per heavy atom. The highest BCUT2D eigenvalue weighted by Gasteiger charge is 2.31. The highest BCUT2D eigenvalue weighted by atomic mass is 19.4. The van der Waals surface area contributed by atoms with Crippen molar-refractivity contribution >= 4 is 5.78 Å². The zero-order valence-corrected chi connectivity index (χ0v) is 11.0. The van der Waals surface area contributed by atoms with Gasteiger partial charge in [0.2, 0.25) is 5.78 Å². The van der Waals surface area contributed by atoms with Crippen molar-refractivity contribution in [1.82, 2.24) is 0 Å². The normalized spacial score (nSPS) is 11.7. The minimum Gasteiger partial charge on any atom is -0.458 e. The quantitative estimate of drug-likeness (QED) is 0.781. The van der Waals surface area contributed by atoms with Crippen molar-refractivity contribution in [2.45, 2.75) is 26.4 Å². The number of rotatable bonds is 3. The van der Waals surface area contributed by atoms with Crippen LogP contribution < -0.4 is 0 Å². The predicted molar refractivity (Wildman–Crippen MR) is 67.7 cm³/mol. The number of alkyl halides is 3. The molecule has 0 spiro atoms. The third-order valence-corrected chi connectivity index (χ3v) is 3.03. The van der Waals surface area contributed by atoms with Crippen LogP contribution in [-0.2, 0) is 12.6 Å². The molecule has 0 atom stereocenters. The van der Waals surface area contributed by atoms with Crippen molar-refractivity contribution in [2.75, 3.05) is 0 Å². The average Bonchev–Trinajstić information content (AvgIpc) is 2.85. The minimum atomic E-state index is -4.41. The van der Waals surface area contributed by atoms with Gasteiger partial charge in [-0.15, -0.1) is 0 Å². The van der Waals surface area contributed by atoms with Gasteiger partial charge < -0.3 is 4.42 Å². The number of ketones is 1. The van der Waals surface area contributed by atoms with Gasteiger partial charge in [-0.25, -0.2) is 0 Å². The van der Waals surface area contributed by atoms with Crippen LogP contribution in [0.4, 0.5) is 13.2 Å². The van der Waals surface area contributed by atoms with Crippen molar-refractivity contribution in [3.63, 3.8) is 0 Å². The van der Waals surface area contributed by atoms with Gasteiger partial charge in [-0.1, -0.05) is 13.0 Å². The molecule has 2 nitrogen and oxygen atoms in total. The van der Waals surface area contributed by atoms with E-state index in [-0.39, 0.29) is 16.9 Å². The van der Waals surface area contributed by atoms with E-state index >= 15 is 0 Å². The first-order chi connectivity index (χ1) is 9.32. The molecule has 2 rings (SSSR count). The van der Waals surface area contributed by atoms with Gasteiger partial charge in [-0.2, -0.15) is 13.2 Å². The molecule has 0 aliphatic rings. The fraction of sp³-hybridized carbons (Fsp3) is 0.267. The fourth-order valence-corrected chi connectivity index (χ4v) is 1.92. The van der Waals surface area contributed by atoms with Gasteiger partial charge in [0, 0.05) is 12.0 Å². The van der Waals surface area contributed by atoms with E-state index in [2.05, 4.69) is 0 Å². The first-order valence-electron chi connectivity index (χ1n) is 6.14. The van der Waals surface area contributed by atoms with E-state index in [0.717, 1.165) is 12.1 Å². The van der Waals surface area contributed by atoms with Crippen LogP contribution in [0.15, 0.2) is 34.7 Å². The van der Waals surface area contributed by atoms with E-state index in [1.54, 1.807) is 6.07 Å². The van der Waals surface area contributed by atoms with Crippen LogP contribution in [-0.4, -0.2) is 5.78 Å². The number of hydrogen-bond donors (Lipinski definition) is 0. The highest BCUT2D eigenvalue weighted by molar-refractivity contribution is 6.08. The zero-order chi connectivity index (χ0) is 14.9. The Kier molecular flexibility index (Phi) is 3.70. The molecular formula is C15H13F3O2. The van der Waals surface area contributed by atoms with E-state index in [1.165, 1.54) is 19.1 Å². The lowest BCUT2D eigenvalue weighted by Crippen LogP contribution is -2.08. The van der Waals surface area contributed by atoms with Gasteiger partial charge >= 0.3 is 6.18 Å². The third-order valence-electron chi connectivity index (χ3n) is 3.03. The van der Waals surface area contributed by atoms with E-state index < -0.39 is 17.5 Å². The fourth-order valence-electron chi connectivity index (χ4n) is 1.92. The van der Waals surface area contributed by atoms with Crippen molar-refractivity contribution in [3.8, 4) is 0 Å². The van der Waals surface area contributed by atoms with E-state index in [9.17, 15) is 18.0 Å². The van der Waals surface area contributed by atoms with Gasteiger partial charge in [0.25, 0.3) is 0 Å². The molecule has 0 aliphatic heterocycles. The van der Waals surface area contributed by atoms with Gasteiger partial charge in [0.05, 0.1) is 5.56 Å². The summed E-state index contributed by atoms with van der Waals surface area (Å²) in [6.45, 7) is 3.36. The molecule has 20 heavy (non-hydrogen) atoms. The molecule has 1 aromatic carbocycles. The second-order valence-electron chi connectivity index (χ2n) is 4.48. The van der Waals surface area contributed by atoms with Crippen LogP contribution >= 0.6 is 0 Å². The number of aryl methyl sites for hydroxylation is 2. The monoisotopic (exact) mass is 282 g/mol. The van der Waals surface area contributed by atoms with Gasteiger partial charge in [-0.3, -0.25) is 4.79 Å². The van der Waals surface area contributed by atoms with Crippen LogP contribution in [0.1, 0.15) is 39.9 Å². The molecule has 1 aromatic heterocycles. The van der Waals surface area contributed by atoms with Crippen LogP contribution in [0, 0.1) is 6.92 Å². The zero-order valence-electron chi connectivity index (χ0n) is 11.0. The summed E-state index contributed by atoms with van der Waals surface area (Å²) < 4.78 is 43.0. The molecule has 2 aromatic rings. The largest absolute Gasteiger partial charge is 0.458 e. The maximum atomic E-state index is 12.6. The van der Waals surface area contributed by atoms with Gasteiger partial charge in [0.15, 0.2) is 5.76 Å². The van der Waals surface area contributed by atoms with Gasteiger partial charge in [-0.05, 0) is 36.8 Å². The van der Waals surface area contributed by atoms with E-state index in [0.29, 0.717) is 12.2 Å². The van der Waals surface area contributed by atoms with Gasteiger partial charge in [0.1, 0.15) is 5.76 Å². The Bertz CT molecular complexity index is 639. The predicted octanol–water partition coefficient (Wildman–Crippen LogP) is 4.40. The van der Waals surface area contributed by atoms with E-state index in [1.807, 2.05) is 6.92 Å². The first-order valence-corrected chi connectivity index (χ1v) is 6.14. The molecular weight excluding hydrogens is 269 g/mol. The molecule has 0 fully saturated rings. The standard InChI is InChI=1S/C15H13F3O2/c1-3-11-5-7-13(20-11)14(19)12-6-4-10(8-9(12)2)15(16,17)18/h4-8H,3H2,1-2H3. The molecule has 0 bridgehead atoms. The number of carbonyl (C=O) groups is 1. The second kappa shape index (κ2) is 5.15. The first kappa shape index (κ1) is 14.4. The Balaban J connectivity index is 2.36. The Morgan fingerprint density at radius 1 is 1.20 bits per heavy atom. The van der Waals surface area contributed by atoms with Crippen LogP contribution in [0.2, 0.25) is 0 Å². The smallest absolute Gasteiger partial charge is 0.416 e. The lowest BCUT2D eigenvalue weighted by Gasteiger charge is -2.09. The minimum absolute atomic E-state index is 0.143. The lowest BCUT2D eigenvalue weighted by molar-refractivity contribution is -0.137. The van der Waals surface area contributed by atoms with Crippen LogP contribution in [0.25, 0.3) is 0 Å². The SMILES string of the molecule is CCc1ccc(C(=O)c2ccc(C(F)(F)F)cc2C)o1. The third kappa shape index (κ3) is 2.76. The maximum absolute atomic E-state index is 12.6. The van der Waals surface area contributed by atoms with Crippen LogP contribution in [0.3, 0.4) is 0 Å². The molecule has 5 heteroatoms. The Morgan fingerprint density at radius 3 is 2.40 bits per heavy atom. The number of benzene rings is 1. The summed E-state index contributed by atoms with van der Waals surface area (Å²) in [5.74, 6) is 0.401. The summed E-state index contributed by atoms with van der Waals surface area (Å²) in [6.07, 6.45) is -3.76. The average molecular weight is 282 g/mol. The van der Waals surface area contributed by atoms with Crippen molar-refractivity contribution < 1.29 is 22.4 Å². The molecule has 1 heterocycles. The summed E-state index contributed by atoms with van der Waals surface area (Å²) in [5.41, 5.74) is -0.269. The summed E-state index contributed by atoms with van der Waals surface area (Å²) in [4.78, 5) is 12.2. The topological polar surface area (TPSA) is 30.2 Å². The van der Waals surface area contributed by atoms with E-state index in [4.69, 9.17) is 4.42 Å². The van der Waals surface area contributed by atoms with Crippen molar-refractivity contribution in [1.29, 1.82) is 0 Å². The molecule has 0 amide bonds. The molecule has 106 valence electrons. The van der Waals surface area contributed by atoms with Crippen molar-refractivity contribution in [2.24, 2.45) is 0 Å². The molecule has 0 aliphatic carbocycles. The molecule has 0 saturated heterocycles. The number of carbonyl (C=O) groups excluding carboxylic acids is 1. The Labute approximate surface area is 114 Å². The second-order valence-corrected chi connectivity index (χ2v) is 4.48. The molecule has 0 N–H and O–H groups in total. The lowest BCUT2D eigenvalue weighted by atomic mass is 10.0. The molecule has 0 saturated carbocycles. The summed E-state index contributed by atoms with van der Waals surface area (Å²) in [5, 5.41) is 0. The molecule has 0 unspecified atom stereocenters. The Hall–Kier alpha value is -2.04. The highest BCUT2D eigenvalue weighted by Crippen LogP contribution is 2.31. The number of hydrogen-bond acceptors (Lipinski definition) is 2. The summed E-state index contributed by atoms with van der Waals surface area (Å²) in [7, 11) is 0. The number of halogens is 3. The summed E-state index contributed by atoms with van der Waals surface area (Å²) in [6, 6.07) is 6.29. The maximum Gasteiger partial charge on any atom is 0.416 e.